The molecule has 0 amide bonds. The molecule has 1 saturated heterocycles. The van der Waals surface area contributed by atoms with E-state index in [1.165, 1.54) is 0 Å². The summed E-state index contributed by atoms with van der Waals surface area (Å²) in [6.07, 6.45) is -2.89. The Kier molecular flexibility index (Phi) is 7.86. The number of nitrogens with zero attached hydrogens (tertiary/aromatic N) is 1. The molecule has 0 aliphatic carbocycles. The van der Waals surface area contributed by atoms with Crippen molar-refractivity contribution in [1.82, 2.24) is 15.2 Å². The Balaban J connectivity index is 0.00000144. The van der Waals surface area contributed by atoms with E-state index in [0.717, 1.165) is 42.6 Å². The summed E-state index contributed by atoms with van der Waals surface area (Å²) in [5.74, 6) is 0. The molecule has 0 bridgehead atoms. The number of hydrogen-bond donors (Lipinski definition) is 2. The van der Waals surface area contributed by atoms with Crippen LogP contribution in [0.4, 0.5) is 13.2 Å². The van der Waals surface area contributed by atoms with E-state index < -0.39 is 12.6 Å². The molecule has 8 heteroatoms. The van der Waals surface area contributed by atoms with Crippen molar-refractivity contribution in [2.24, 2.45) is 0 Å². The van der Waals surface area contributed by atoms with Gasteiger partial charge in [0.25, 0.3) is 0 Å². The second kappa shape index (κ2) is 8.94. The lowest BCUT2D eigenvalue weighted by atomic mass is 9.98. The number of rotatable bonds is 4. The van der Waals surface area contributed by atoms with Crippen molar-refractivity contribution in [3.63, 3.8) is 0 Å². The number of aromatic amines is 1. The Morgan fingerprint density at radius 1 is 1.08 bits per heavy atom. The second-order valence-corrected chi connectivity index (χ2v) is 5.75. The molecular formula is C16H22Cl2F3N3. The minimum Gasteiger partial charge on any atom is -0.361 e. The van der Waals surface area contributed by atoms with E-state index in [9.17, 15) is 13.2 Å². The highest BCUT2D eigenvalue weighted by Gasteiger charge is 2.32. The highest BCUT2D eigenvalue weighted by Crippen LogP contribution is 2.35. The molecule has 3 rings (SSSR count). The molecule has 1 aromatic heterocycles. The van der Waals surface area contributed by atoms with Gasteiger partial charge in [-0.3, -0.25) is 4.90 Å². The third kappa shape index (κ3) is 5.02. The third-order valence-electron chi connectivity index (χ3n) is 4.27. The molecule has 0 saturated carbocycles. The third-order valence-corrected chi connectivity index (χ3v) is 4.27. The lowest BCUT2D eigenvalue weighted by Gasteiger charge is -2.35. The minimum absolute atomic E-state index is 0. The Morgan fingerprint density at radius 2 is 1.75 bits per heavy atom. The number of H-pyrrole nitrogens is 1. The number of aromatic nitrogens is 1. The molecule has 2 aromatic rings. The quantitative estimate of drug-likeness (QED) is 0.824. The average Bonchev–Trinajstić information content (AvgIpc) is 2.92. The van der Waals surface area contributed by atoms with E-state index >= 15 is 0 Å². The monoisotopic (exact) mass is 383 g/mol. The number of para-hydroxylation sites is 1. The Morgan fingerprint density at radius 3 is 2.42 bits per heavy atom. The standard InChI is InChI=1S/C16H20F3N3.2ClH/c17-16(18,19)6-5-15(22-9-7-20-8-10-22)13-11-21-14-4-2-1-3-12(13)14;;/h1-4,11,15,20-21H,5-10H2;2*1H/t15-;;/m0../s1. The van der Waals surface area contributed by atoms with Crippen LogP contribution in [0.5, 0.6) is 0 Å². The first kappa shape index (κ1) is 21.1. The predicted molar refractivity (Wildman–Crippen MR) is 95.3 cm³/mol. The van der Waals surface area contributed by atoms with Crippen LogP contribution < -0.4 is 5.32 Å². The van der Waals surface area contributed by atoms with Crippen molar-refractivity contribution in [1.29, 1.82) is 0 Å². The van der Waals surface area contributed by atoms with Crippen molar-refractivity contribution in [3.05, 3.63) is 36.0 Å². The molecule has 24 heavy (non-hydrogen) atoms. The van der Waals surface area contributed by atoms with Crippen LogP contribution in [-0.2, 0) is 0 Å². The number of benzene rings is 1. The summed E-state index contributed by atoms with van der Waals surface area (Å²) < 4.78 is 38.1. The number of fused-ring (bicyclic) bond motifs is 1. The SMILES string of the molecule is Cl.Cl.FC(F)(F)CC[C@@H](c1c[nH]c2ccccc12)N1CCNCC1. The van der Waals surface area contributed by atoms with Gasteiger partial charge >= 0.3 is 6.18 Å². The zero-order chi connectivity index (χ0) is 15.6. The van der Waals surface area contributed by atoms with E-state index in [2.05, 4.69) is 15.2 Å². The van der Waals surface area contributed by atoms with E-state index in [1.807, 2.05) is 30.5 Å². The van der Waals surface area contributed by atoms with Gasteiger partial charge < -0.3 is 10.3 Å². The highest BCUT2D eigenvalue weighted by molar-refractivity contribution is 5.85. The molecule has 2 N–H and O–H groups in total. The van der Waals surface area contributed by atoms with Crippen LogP contribution in [0.1, 0.15) is 24.4 Å². The maximum atomic E-state index is 12.7. The van der Waals surface area contributed by atoms with E-state index in [-0.39, 0.29) is 37.3 Å². The Labute approximate surface area is 151 Å². The number of halogens is 5. The smallest absolute Gasteiger partial charge is 0.361 e. The molecule has 136 valence electrons. The summed E-state index contributed by atoms with van der Waals surface area (Å²) in [5.41, 5.74) is 1.95. The van der Waals surface area contributed by atoms with E-state index in [4.69, 9.17) is 0 Å². The lowest BCUT2D eigenvalue weighted by molar-refractivity contribution is -0.138. The molecule has 1 aliphatic rings. The lowest BCUT2D eigenvalue weighted by Crippen LogP contribution is -2.45. The zero-order valence-corrected chi connectivity index (χ0v) is 14.7. The first-order chi connectivity index (χ1) is 10.5. The summed E-state index contributed by atoms with van der Waals surface area (Å²) in [6.45, 7) is 3.21. The van der Waals surface area contributed by atoms with Crippen molar-refractivity contribution < 1.29 is 13.2 Å². The van der Waals surface area contributed by atoms with Crippen LogP contribution in [0.3, 0.4) is 0 Å². The first-order valence-corrected chi connectivity index (χ1v) is 7.62. The molecule has 3 nitrogen and oxygen atoms in total. The first-order valence-electron chi connectivity index (χ1n) is 7.62. The summed E-state index contributed by atoms with van der Waals surface area (Å²) in [4.78, 5) is 5.35. The molecule has 1 atom stereocenters. The summed E-state index contributed by atoms with van der Waals surface area (Å²) in [5, 5.41) is 4.27. The van der Waals surface area contributed by atoms with Crippen LogP contribution in [0.2, 0.25) is 0 Å². The van der Waals surface area contributed by atoms with Crippen LogP contribution in [0, 0.1) is 0 Å². The molecule has 2 heterocycles. The summed E-state index contributed by atoms with van der Waals surface area (Å²) in [6, 6.07) is 7.59. The van der Waals surface area contributed by atoms with Crippen LogP contribution >= 0.6 is 24.8 Å². The van der Waals surface area contributed by atoms with Crippen LogP contribution in [0.25, 0.3) is 10.9 Å². The van der Waals surface area contributed by atoms with Crippen molar-refractivity contribution >= 4 is 35.7 Å². The topological polar surface area (TPSA) is 31.1 Å². The van der Waals surface area contributed by atoms with Gasteiger partial charge in [-0.1, -0.05) is 18.2 Å². The molecular weight excluding hydrogens is 362 g/mol. The van der Waals surface area contributed by atoms with E-state index in [0.29, 0.717) is 0 Å². The van der Waals surface area contributed by atoms with Gasteiger partial charge in [0, 0.05) is 55.7 Å². The summed E-state index contributed by atoms with van der Waals surface area (Å²) in [7, 11) is 0. The molecule has 0 radical (unpaired) electrons. The summed E-state index contributed by atoms with van der Waals surface area (Å²) >= 11 is 0. The molecule has 0 unspecified atom stereocenters. The Bertz CT molecular complexity index is 624. The van der Waals surface area contributed by atoms with Gasteiger partial charge in [-0.25, -0.2) is 0 Å². The maximum absolute atomic E-state index is 12.7. The van der Waals surface area contributed by atoms with Gasteiger partial charge in [0.05, 0.1) is 0 Å². The van der Waals surface area contributed by atoms with Gasteiger partial charge in [-0.2, -0.15) is 13.2 Å². The van der Waals surface area contributed by atoms with Gasteiger partial charge in [0.2, 0.25) is 0 Å². The van der Waals surface area contributed by atoms with Crippen molar-refractivity contribution in [2.75, 3.05) is 26.2 Å². The number of nitrogens with one attached hydrogen (secondary N) is 2. The molecule has 1 aliphatic heterocycles. The average molecular weight is 384 g/mol. The maximum Gasteiger partial charge on any atom is 0.389 e. The fourth-order valence-electron chi connectivity index (χ4n) is 3.20. The van der Waals surface area contributed by atoms with Crippen LogP contribution in [-0.4, -0.2) is 42.2 Å². The molecule has 1 aromatic carbocycles. The van der Waals surface area contributed by atoms with Gasteiger partial charge in [0.1, 0.15) is 0 Å². The number of alkyl halides is 3. The highest BCUT2D eigenvalue weighted by atomic mass is 35.5. The number of hydrogen-bond acceptors (Lipinski definition) is 2. The largest absolute Gasteiger partial charge is 0.389 e. The normalized spacial score (nSPS) is 17.1. The number of piperazine rings is 1. The predicted octanol–water partition coefficient (Wildman–Crippen LogP) is 4.30. The molecule has 0 spiro atoms. The van der Waals surface area contributed by atoms with Gasteiger partial charge in [-0.15, -0.1) is 24.8 Å². The second-order valence-electron chi connectivity index (χ2n) is 5.75. The van der Waals surface area contributed by atoms with E-state index in [1.54, 1.807) is 0 Å². The van der Waals surface area contributed by atoms with Gasteiger partial charge in [-0.05, 0) is 18.1 Å². The molecule has 1 fully saturated rings. The van der Waals surface area contributed by atoms with Gasteiger partial charge in [0.15, 0.2) is 0 Å². The zero-order valence-electron chi connectivity index (χ0n) is 13.1. The van der Waals surface area contributed by atoms with Crippen LogP contribution in [0.15, 0.2) is 30.5 Å². The Hall–Kier alpha value is -0.950. The van der Waals surface area contributed by atoms with Crippen molar-refractivity contribution in [3.8, 4) is 0 Å². The fraction of sp³-hybridized carbons (Fsp3) is 0.500. The minimum atomic E-state index is -4.11. The van der Waals surface area contributed by atoms with Crippen molar-refractivity contribution in [2.45, 2.75) is 25.1 Å². The fourth-order valence-corrected chi connectivity index (χ4v) is 3.20.